The maximum absolute atomic E-state index is 11.7. The van der Waals surface area contributed by atoms with Crippen molar-refractivity contribution in [3.63, 3.8) is 0 Å². The fraction of sp³-hybridized carbons (Fsp3) is 0.308. The van der Waals surface area contributed by atoms with Gasteiger partial charge < -0.3 is 9.30 Å². The smallest absolute Gasteiger partial charge is 0.328 e. The Balaban J connectivity index is 2.40. The maximum atomic E-state index is 11.7. The average Bonchev–Trinajstić information content (AvgIpc) is 2.80. The van der Waals surface area contributed by atoms with Gasteiger partial charge in [0.2, 0.25) is 0 Å². The number of benzene rings is 1. The molecule has 2 aromatic rings. The number of non-ortho nitro benzene ring substituents is 1. The number of carbonyl (C=O) groups is 1. The average molecular weight is 262 g/mol. The minimum absolute atomic E-state index is 0.0361. The van der Waals surface area contributed by atoms with E-state index in [-0.39, 0.29) is 11.7 Å². The summed E-state index contributed by atoms with van der Waals surface area (Å²) in [5.41, 5.74) is 0.806. The van der Waals surface area contributed by atoms with Crippen LogP contribution in [-0.4, -0.2) is 22.1 Å². The van der Waals surface area contributed by atoms with Crippen LogP contribution < -0.4 is 0 Å². The van der Waals surface area contributed by atoms with E-state index in [1.807, 2.05) is 0 Å². The van der Waals surface area contributed by atoms with Crippen LogP contribution in [0.2, 0.25) is 0 Å². The van der Waals surface area contributed by atoms with Gasteiger partial charge in [0, 0.05) is 29.2 Å². The summed E-state index contributed by atoms with van der Waals surface area (Å²) in [5.74, 6) is -0.321. The molecule has 0 spiro atoms. The van der Waals surface area contributed by atoms with Crippen molar-refractivity contribution in [1.82, 2.24) is 4.57 Å². The van der Waals surface area contributed by atoms with Crippen molar-refractivity contribution in [3.8, 4) is 0 Å². The quantitative estimate of drug-likeness (QED) is 0.482. The predicted molar refractivity (Wildman–Crippen MR) is 69.9 cm³/mol. The van der Waals surface area contributed by atoms with Gasteiger partial charge in [-0.15, -0.1) is 0 Å². The summed E-state index contributed by atoms with van der Waals surface area (Å²) in [6.07, 6.45) is 1.73. The molecule has 1 unspecified atom stereocenters. The Morgan fingerprint density at radius 3 is 2.84 bits per heavy atom. The maximum Gasteiger partial charge on any atom is 0.328 e. The third-order valence-electron chi connectivity index (χ3n) is 2.96. The van der Waals surface area contributed by atoms with Crippen molar-refractivity contribution in [2.24, 2.45) is 0 Å². The van der Waals surface area contributed by atoms with E-state index in [0.29, 0.717) is 6.61 Å². The number of hydrogen-bond acceptors (Lipinski definition) is 4. The van der Waals surface area contributed by atoms with Crippen LogP contribution in [0.4, 0.5) is 5.69 Å². The number of aromatic nitrogens is 1. The number of nitro groups is 1. The molecule has 1 heterocycles. The normalized spacial score (nSPS) is 12.3. The molecule has 1 aromatic heterocycles. The number of nitro benzene ring substituents is 1. The SMILES string of the molecule is CCOC(=O)C(C)n1ccc2cc([N+](=O)[O-])ccc21. The lowest BCUT2D eigenvalue weighted by molar-refractivity contribution is -0.384. The van der Waals surface area contributed by atoms with Gasteiger partial charge in [-0.2, -0.15) is 0 Å². The standard InChI is InChI=1S/C13H14N2O4/c1-3-19-13(16)9(2)14-7-6-10-8-11(15(17)18)4-5-12(10)14/h4-9H,3H2,1-2H3. The molecule has 0 amide bonds. The number of nitrogens with zero attached hydrogens (tertiary/aromatic N) is 2. The minimum atomic E-state index is -0.459. The van der Waals surface area contributed by atoms with Gasteiger partial charge in [0.05, 0.1) is 11.5 Å². The van der Waals surface area contributed by atoms with Crippen molar-refractivity contribution in [1.29, 1.82) is 0 Å². The van der Waals surface area contributed by atoms with Gasteiger partial charge in [0.25, 0.3) is 5.69 Å². The Kier molecular flexibility index (Phi) is 3.50. The van der Waals surface area contributed by atoms with Crippen LogP contribution in [0, 0.1) is 10.1 Å². The largest absolute Gasteiger partial charge is 0.464 e. The Morgan fingerprint density at radius 1 is 1.47 bits per heavy atom. The summed E-state index contributed by atoms with van der Waals surface area (Å²) in [7, 11) is 0. The van der Waals surface area contributed by atoms with Gasteiger partial charge in [-0.1, -0.05) is 0 Å². The molecule has 2 rings (SSSR count). The van der Waals surface area contributed by atoms with Crippen LogP contribution in [0.5, 0.6) is 0 Å². The molecular weight excluding hydrogens is 248 g/mol. The highest BCUT2D eigenvalue weighted by Crippen LogP contribution is 2.24. The third-order valence-corrected chi connectivity index (χ3v) is 2.96. The first kappa shape index (κ1) is 13.1. The number of rotatable bonds is 4. The molecule has 19 heavy (non-hydrogen) atoms. The lowest BCUT2D eigenvalue weighted by Crippen LogP contribution is -2.18. The molecule has 6 nitrogen and oxygen atoms in total. The first-order valence-electron chi connectivity index (χ1n) is 5.96. The number of hydrogen-bond donors (Lipinski definition) is 0. The van der Waals surface area contributed by atoms with Gasteiger partial charge in [0.15, 0.2) is 0 Å². The first-order chi connectivity index (χ1) is 9.04. The molecular formula is C13H14N2O4. The summed E-state index contributed by atoms with van der Waals surface area (Å²) in [6, 6.07) is 5.85. The van der Waals surface area contributed by atoms with Gasteiger partial charge in [-0.05, 0) is 26.0 Å². The second-order valence-corrected chi connectivity index (χ2v) is 4.15. The summed E-state index contributed by atoms with van der Waals surface area (Å²) in [5, 5.41) is 11.4. The molecule has 0 aliphatic rings. The summed E-state index contributed by atoms with van der Waals surface area (Å²) in [6.45, 7) is 3.81. The number of carbonyl (C=O) groups excluding carboxylic acids is 1. The number of fused-ring (bicyclic) bond motifs is 1. The van der Waals surface area contributed by atoms with Crippen molar-refractivity contribution in [3.05, 3.63) is 40.6 Å². The second kappa shape index (κ2) is 5.09. The Bertz CT molecular complexity index is 633. The number of ether oxygens (including phenoxy) is 1. The fourth-order valence-electron chi connectivity index (χ4n) is 1.98. The number of esters is 1. The molecule has 0 saturated heterocycles. The molecule has 1 aromatic carbocycles. The van der Waals surface area contributed by atoms with E-state index in [4.69, 9.17) is 4.74 Å². The molecule has 0 aliphatic heterocycles. The highest BCUT2D eigenvalue weighted by Gasteiger charge is 2.18. The second-order valence-electron chi connectivity index (χ2n) is 4.15. The molecule has 100 valence electrons. The Morgan fingerprint density at radius 2 is 2.21 bits per heavy atom. The van der Waals surface area contributed by atoms with Crippen molar-refractivity contribution in [2.45, 2.75) is 19.9 Å². The van der Waals surface area contributed by atoms with Crippen molar-refractivity contribution in [2.75, 3.05) is 6.61 Å². The molecule has 0 aliphatic carbocycles. The van der Waals surface area contributed by atoms with Crippen LogP contribution in [0.1, 0.15) is 19.9 Å². The fourth-order valence-corrected chi connectivity index (χ4v) is 1.98. The minimum Gasteiger partial charge on any atom is -0.464 e. The van der Waals surface area contributed by atoms with Gasteiger partial charge in [-0.3, -0.25) is 10.1 Å². The zero-order valence-electron chi connectivity index (χ0n) is 10.7. The van der Waals surface area contributed by atoms with Crippen molar-refractivity contribution < 1.29 is 14.5 Å². The lowest BCUT2D eigenvalue weighted by Gasteiger charge is -2.13. The van der Waals surface area contributed by atoms with Crippen LogP contribution in [-0.2, 0) is 9.53 Å². The highest BCUT2D eigenvalue weighted by atomic mass is 16.6. The van der Waals surface area contributed by atoms with Gasteiger partial charge in [-0.25, -0.2) is 4.79 Å². The molecule has 0 N–H and O–H groups in total. The predicted octanol–water partition coefficient (Wildman–Crippen LogP) is 2.67. The van der Waals surface area contributed by atoms with E-state index >= 15 is 0 Å². The van der Waals surface area contributed by atoms with E-state index in [9.17, 15) is 14.9 Å². The first-order valence-corrected chi connectivity index (χ1v) is 5.96. The van der Waals surface area contributed by atoms with E-state index < -0.39 is 11.0 Å². The Labute approximate surface area is 109 Å². The van der Waals surface area contributed by atoms with E-state index in [0.717, 1.165) is 10.9 Å². The Hall–Kier alpha value is -2.37. The van der Waals surface area contributed by atoms with E-state index in [1.54, 1.807) is 36.7 Å². The van der Waals surface area contributed by atoms with Crippen molar-refractivity contribution >= 4 is 22.6 Å². The highest BCUT2D eigenvalue weighted by molar-refractivity contribution is 5.85. The summed E-state index contributed by atoms with van der Waals surface area (Å²) in [4.78, 5) is 22.0. The molecule has 0 fully saturated rings. The van der Waals surface area contributed by atoms with Crippen LogP contribution in [0.25, 0.3) is 10.9 Å². The molecule has 0 radical (unpaired) electrons. The zero-order valence-corrected chi connectivity index (χ0v) is 10.7. The topological polar surface area (TPSA) is 74.4 Å². The van der Waals surface area contributed by atoms with Crippen LogP contribution in [0.15, 0.2) is 30.5 Å². The third kappa shape index (κ3) is 2.42. The molecule has 0 saturated carbocycles. The summed E-state index contributed by atoms with van der Waals surface area (Å²) < 4.78 is 6.72. The molecule has 6 heteroatoms. The molecule has 1 atom stereocenters. The molecule has 0 bridgehead atoms. The summed E-state index contributed by atoms with van der Waals surface area (Å²) >= 11 is 0. The lowest BCUT2D eigenvalue weighted by atomic mass is 10.2. The zero-order chi connectivity index (χ0) is 14.0. The van der Waals surface area contributed by atoms with Crippen LogP contribution in [0.3, 0.4) is 0 Å². The van der Waals surface area contributed by atoms with Gasteiger partial charge >= 0.3 is 5.97 Å². The monoisotopic (exact) mass is 262 g/mol. The van der Waals surface area contributed by atoms with E-state index in [2.05, 4.69) is 0 Å². The van der Waals surface area contributed by atoms with Crippen LogP contribution >= 0.6 is 0 Å². The van der Waals surface area contributed by atoms with Gasteiger partial charge in [0.1, 0.15) is 6.04 Å². The van der Waals surface area contributed by atoms with E-state index in [1.165, 1.54) is 12.1 Å².